The van der Waals surface area contributed by atoms with Crippen molar-refractivity contribution in [2.45, 2.75) is 27.3 Å². The summed E-state index contributed by atoms with van der Waals surface area (Å²) < 4.78 is 10.2. The first kappa shape index (κ1) is 22.6. The van der Waals surface area contributed by atoms with E-state index >= 15 is 0 Å². The molecule has 0 fully saturated rings. The SMILES string of the molecule is CCOC(=O)c1c(NC(=O)CN(C)Cc2ccc(OC)cc2)sc(C(C)=O)c1C. The number of anilines is 1. The first-order valence-corrected chi connectivity index (χ1v) is 10.0. The van der Waals surface area contributed by atoms with Crippen LogP contribution in [0.25, 0.3) is 0 Å². The van der Waals surface area contributed by atoms with Gasteiger partial charge in [0.2, 0.25) is 5.91 Å². The number of amides is 1. The number of ether oxygens (including phenoxy) is 2. The van der Waals surface area contributed by atoms with Gasteiger partial charge in [-0.2, -0.15) is 0 Å². The Hall–Kier alpha value is -2.71. The monoisotopic (exact) mass is 418 g/mol. The molecule has 0 saturated carbocycles. The van der Waals surface area contributed by atoms with Crippen molar-refractivity contribution in [1.29, 1.82) is 0 Å². The maximum atomic E-state index is 12.5. The van der Waals surface area contributed by atoms with Crippen LogP contribution in [-0.2, 0) is 16.1 Å². The maximum Gasteiger partial charge on any atom is 0.341 e. The van der Waals surface area contributed by atoms with Crippen LogP contribution < -0.4 is 10.1 Å². The number of hydrogen-bond acceptors (Lipinski definition) is 7. The topological polar surface area (TPSA) is 84.9 Å². The van der Waals surface area contributed by atoms with Crippen LogP contribution in [0.3, 0.4) is 0 Å². The molecule has 7 nitrogen and oxygen atoms in total. The molecule has 0 aliphatic rings. The molecule has 1 aromatic heterocycles. The minimum atomic E-state index is -0.546. The molecule has 2 aromatic rings. The lowest BCUT2D eigenvalue weighted by Gasteiger charge is -2.16. The highest BCUT2D eigenvalue weighted by atomic mass is 32.1. The van der Waals surface area contributed by atoms with E-state index in [1.807, 2.05) is 36.2 Å². The number of carbonyl (C=O) groups excluding carboxylic acids is 3. The molecule has 0 aliphatic carbocycles. The van der Waals surface area contributed by atoms with Gasteiger partial charge >= 0.3 is 5.97 Å². The minimum Gasteiger partial charge on any atom is -0.497 e. The van der Waals surface area contributed by atoms with Crippen molar-refractivity contribution < 1.29 is 23.9 Å². The second-order valence-electron chi connectivity index (χ2n) is 6.61. The van der Waals surface area contributed by atoms with Gasteiger partial charge in [0, 0.05) is 6.54 Å². The van der Waals surface area contributed by atoms with E-state index < -0.39 is 5.97 Å². The van der Waals surface area contributed by atoms with Crippen LogP contribution in [0.1, 0.15) is 45.0 Å². The molecule has 0 aliphatic heterocycles. The van der Waals surface area contributed by atoms with Crippen LogP contribution in [-0.4, -0.2) is 49.9 Å². The number of methoxy groups -OCH3 is 1. The molecule has 1 heterocycles. The fourth-order valence-corrected chi connectivity index (χ4v) is 4.00. The smallest absolute Gasteiger partial charge is 0.341 e. The normalized spacial score (nSPS) is 10.7. The van der Waals surface area contributed by atoms with Crippen molar-refractivity contribution in [3.63, 3.8) is 0 Å². The standard InChI is InChI=1S/C21H26N2O5S/c1-6-28-21(26)18-13(2)19(14(3)24)29-20(18)22-17(25)12-23(4)11-15-7-9-16(27-5)10-8-15/h7-10H,6,11-12H2,1-5H3,(H,22,25). The molecule has 8 heteroatoms. The highest BCUT2D eigenvalue weighted by Gasteiger charge is 2.25. The number of benzene rings is 1. The number of rotatable bonds is 9. The van der Waals surface area contributed by atoms with Gasteiger partial charge in [-0.15, -0.1) is 11.3 Å². The van der Waals surface area contributed by atoms with E-state index in [9.17, 15) is 14.4 Å². The number of nitrogens with one attached hydrogen (secondary N) is 1. The molecular weight excluding hydrogens is 392 g/mol. The van der Waals surface area contributed by atoms with Crippen molar-refractivity contribution in [2.24, 2.45) is 0 Å². The summed E-state index contributed by atoms with van der Waals surface area (Å²) in [4.78, 5) is 39.0. The van der Waals surface area contributed by atoms with Gasteiger partial charge in [-0.3, -0.25) is 14.5 Å². The van der Waals surface area contributed by atoms with Gasteiger partial charge in [-0.1, -0.05) is 12.1 Å². The molecule has 1 aromatic carbocycles. The van der Waals surface area contributed by atoms with Crippen LogP contribution in [0.15, 0.2) is 24.3 Å². The highest BCUT2D eigenvalue weighted by molar-refractivity contribution is 7.18. The number of likely N-dealkylation sites (N-methyl/N-ethyl adjacent to an activating group) is 1. The fourth-order valence-electron chi connectivity index (χ4n) is 2.90. The van der Waals surface area contributed by atoms with Gasteiger partial charge in [0.15, 0.2) is 5.78 Å². The van der Waals surface area contributed by atoms with E-state index in [0.29, 0.717) is 22.0 Å². The molecule has 1 amide bonds. The molecule has 0 atom stereocenters. The number of ketones is 1. The van der Waals surface area contributed by atoms with Gasteiger partial charge in [0.1, 0.15) is 10.8 Å². The Balaban J connectivity index is 2.09. The van der Waals surface area contributed by atoms with E-state index in [2.05, 4.69) is 5.32 Å². The van der Waals surface area contributed by atoms with E-state index in [1.54, 1.807) is 21.0 Å². The third kappa shape index (κ3) is 5.88. The van der Waals surface area contributed by atoms with Gasteiger partial charge < -0.3 is 14.8 Å². The molecule has 0 spiro atoms. The number of Topliss-reactive ketones (excluding diaryl/α,β-unsaturated/α-hetero) is 1. The lowest BCUT2D eigenvalue weighted by molar-refractivity contribution is -0.117. The van der Waals surface area contributed by atoms with E-state index in [-0.39, 0.29) is 30.4 Å². The molecule has 29 heavy (non-hydrogen) atoms. The van der Waals surface area contributed by atoms with Crippen molar-refractivity contribution in [1.82, 2.24) is 4.90 Å². The lowest BCUT2D eigenvalue weighted by Crippen LogP contribution is -2.30. The average Bonchev–Trinajstić information content (AvgIpc) is 2.98. The minimum absolute atomic E-state index is 0.126. The van der Waals surface area contributed by atoms with Crippen LogP contribution in [0.5, 0.6) is 5.75 Å². The van der Waals surface area contributed by atoms with E-state index in [0.717, 1.165) is 22.6 Å². The van der Waals surface area contributed by atoms with Gasteiger partial charge in [-0.05, 0) is 51.1 Å². The predicted octanol–water partition coefficient (Wildman–Crippen LogP) is 3.51. The molecular formula is C21H26N2O5S. The molecule has 156 valence electrons. The number of nitrogens with zero attached hydrogens (tertiary/aromatic N) is 1. The first-order valence-electron chi connectivity index (χ1n) is 9.19. The Morgan fingerprint density at radius 1 is 1.17 bits per heavy atom. The molecule has 0 bridgehead atoms. The second-order valence-corrected chi connectivity index (χ2v) is 7.63. The largest absolute Gasteiger partial charge is 0.497 e. The number of thiophene rings is 1. The summed E-state index contributed by atoms with van der Waals surface area (Å²) in [5, 5.41) is 3.11. The third-order valence-electron chi connectivity index (χ3n) is 4.22. The molecule has 0 radical (unpaired) electrons. The Kier molecular flexibility index (Phi) is 7.92. The Morgan fingerprint density at radius 3 is 2.38 bits per heavy atom. The van der Waals surface area contributed by atoms with Crippen LogP contribution in [0.4, 0.5) is 5.00 Å². The molecule has 0 saturated heterocycles. The summed E-state index contributed by atoms with van der Waals surface area (Å²) >= 11 is 1.10. The van der Waals surface area contributed by atoms with Crippen molar-refractivity contribution in [3.05, 3.63) is 45.8 Å². The highest BCUT2D eigenvalue weighted by Crippen LogP contribution is 2.34. The molecule has 1 N–H and O–H groups in total. The zero-order valence-electron chi connectivity index (χ0n) is 17.3. The summed E-state index contributed by atoms with van der Waals surface area (Å²) in [7, 11) is 3.44. The molecule has 2 rings (SSSR count). The summed E-state index contributed by atoms with van der Waals surface area (Å²) in [6.45, 7) is 5.73. The Labute approximate surface area is 174 Å². The first-order chi connectivity index (χ1) is 13.8. The third-order valence-corrected chi connectivity index (χ3v) is 5.53. The number of hydrogen-bond donors (Lipinski definition) is 1. The van der Waals surface area contributed by atoms with E-state index in [4.69, 9.17) is 9.47 Å². The second kappa shape index (κ2) is 10.2. The maximum absolute atomic E-state index is 12.5. The summed E-state index contributed by atoms with van der Waals surface area (Å²) in [5.74, 6) is -0.205. The van der Waals surface area contributed by atoms with Crippen molar-refractivity contribution in [3.8, 4) is 5.75 Å². The van der Waals surface area contributed by atoms with Crippen LogP contribution >= 0.6 is 11.3 Å². The predicted molar refractivity (Wildman–Crippen MR) is 113 cm³/mol. The van der Waals surface area contributed by atoms with Crippen LogP contribution in [0.2, 0.25) is 0 Å². The molecule has 0 unspecified atom stereocenters. The van der Waals surface area contributed by atoms with Gasteiger partial charge in [0.25, 0.3) is 0 Å². The fraction of sp³-hybridized carbons (Fsp3) is 0.381. The van der Waals surface area contributed by atoms with Gasteiger partial charge in [0.05, 0.1) is 30.7 Å². The zero-order valence-corrected chi connectivity index (χ0v) is 18.1. The van der Waals surface area contributed by atoms with E-state index in [1.165, 1.54) is 6.92 Å². The van der Waals surface area contributed by atoms with Crippen molar-refractivity contribution in [2.75, 3.05) is 32.6 Å². The summed E-state index contributed by atoms with van der Waals surface area (Å²) in [6.07, 6.45) is 0. The average molecular weight is 419 g/mol. The Bertz CT molecular complexity index is 889. The van der Waals surface area contributed by atoms with Gasteiger partial charge in [-0.25, -0.2) is 4.79 Å². The summed E-state index contributed by atoms with van der Waals surface area (Å²) in [6, 6.07) is 7.61. The lowest BCUT2D eigenvalue weighted by atomic mass is 10.1. The Morgan fingerprint density at radius 2 is 1.83 bits per heavy atom. The van der Waals surface area contributed by atoms with Crippen molar-refractivity contribution >= 4 is 34.0 Å². The number of esters is 1. The van der Waals surface area contributed by atoms with Crippen LogP contribution in [0, 0.1) is 6.92 Å². The quantitative estimate of drug-likeness (QED) is 0.495. The zero-order chi connectivity index (χ0) is 21.6. The number of carbonyl (C=O) groups is 3. The summed E-state index contributed by atoms with van der Waals surface area (Å²) in [5.41, 5.74) is 1.81.